The highest BCUT2D eigenvalue weighted by molar-refractivity contribution is 5.41. The van der Waals surface area contributed by atoms with Gasteiger partial charge in [-0.15, -0.1) is 0 Å². The van der Waals surface area contributed by atoms with Crippen molar-refractivity contribution in [2.24, 2.45) is 5.41 Å². The van der Waals surface area contributed by atoms with E-state index < -0.39 is 0 Å². The summed E-state index contributed by atoms with van der Waals surface area (Å²) >= 11 is 0. The molecule has 3 heteroatoms. The number of hydrogen-bond donors (Lipinski definition) is 2. The van der Waals surface area contributed by atoms with Crippen molar-refractivity contribution in [1.82, 2.24) is 5.32 Å². The summed E-state index contributed by atoms with van der Waals surface area (Å²) in [6, 6.07) is 4.28. The summed E-state index contributed by atoms with van der Waals surface area (Å²) in [5.74, 6) is 0.947. The number of benzene rings is 1. The zero-order valence-electron chi connectivity index (χ0n) is 12.3. The maximum absolute atomic E-state index is 9.45. The molecule has 0 unspecified atom stereocenters. The normalized spacial score (nSPS) is 17.1. The summed E-state index contributed by atoms with van der Waals surface area (Å²) in [5, 5.41) is 12.9. The van der Waals surface area contributed by atoms with Gasteiger partial charge in [0.25, 0.3) is 0 Å². The molecule has 0 aliphatic heterocycles. The number of rotatable bonds is 6. The van der Waals surface area contributed by atoms with Crippen LogP contribution in [0, 0.1) is 19.3 Å². The molecule has 19 heavy (non-hydrogen) atoms. The number of aliphatic hydroxyl groups is 1. The average Bonchev–Trinajstić information content (AvgIpc) is 2.36. The Bertz CT molecular complexity index is 433. The Kier molecular flexibility index (Phi) is 4.48. The fourth-order valence-corrected chi connectivity index (χ4v) is 2.71. The number of aliphatic hydroxyl groups excluding tert-OH is 1. The second kappa shape index (κ2) is 5.93. The lowest BCUT2D eigenvalue weighted by Crippen LogP contribution is -2.42. The molecule has 0 amide bonds. The van der Waals surface area contributed by atoms with Gasteiger partial charge in [0.1, 0.15) is 5.75 Å². The van der Waals surface area contributed by atoms with E-state index in [2.05, 4.69) is 31.3 Å². The van der Waals surface area contributed by atoms with Crippen LogP contribution in [-0.2, 0) is 6.54 Å². The molecule has 1 fully saturated rings. The van der Waals surface area contributed by atoms with Gasteiger partial charge in [0.05, 0.1) is 7.11 Å². The zero-order chi connectivity index (χ0) is 13.9. The van der Waals surface area contributed by atoms with Crippen LogP contribution in [0.4, 0.5) is 0 Å². The van der Waals surface area contributed by atoms with Crippen molar-refractivity contribution < 1.29 is 9.84 Å². The van der Waals surface area contributed by atoms with E-state index >= 15 is 0 Å². The minimum absolute atomic E-state index is 0.132. The summed E-state index contributed by atoms with van der Waals surface area (Å²) in [6.45, 7) is 6.21. The van der Waals surface area contributed by atoms with Gasteiger partial charge >= 0.3 is 0 Å². The first-order valence-corrected chi connectivity index (χ1v) is 7.06. The second-order valence-electron chi connectivity index (χ2n) is 5.86. The van der Waals surface area contributed by atoms with Crippen molar-refractivity contribution in [2.75, 3.05) is 20.3 Å². The van der Waals surface area contributed by atoms with Gasteiger partial charge in [0.15, 0.2) is 0 Å². The first kappa shape index (κ1) is 14.4. The molecule has 0 saturated heterocycles. The van der Waals surface area contributed by atoms with Crippen molar-refractivity contribution in [3.8, 4) is 5.75 Å². The monoisotopic (exact) mass is 263 g/mol. The van der Waals surface area contributed by atoms with Gasteiger partial charge in [0, 0.05) is 30.7 Å². The van der Waals surface area contributed by atoms with Gasteiger partial charge < -0.3 is 15.2 Å². The first-order valence-electron chi connectivity index (χ1n) is 7.06. The number of methoxy groups -OCH3 is 1. The highest BCUT2D eigenvalue weighted by Crippen LogP contribution is 2.39. The standard InChI is InChI=1S/C16H25NO2/c1-12-7-14(15(19-3)8-13(12)2)9-17-10-16(11-18)5-4-6-16/h7-8,17-18H,4-6,9-11H2,1-3H3. The fourth-order valence-electron chi connectivity index (χ4n) is 2.71. The molecule has 0 atom stereocenters. The van der Waals surface area contributed by atoms with E-state index in [0.717, 1.165) is 31.7 Å². The second-order valence-corrected chi connectivity index (χ2v) is 5.86. The number of nitrogens with one attached hydrogen (secondary N) is 1. The van der Waals surface area contributed by atoms with Crippen LogP contribution in [0.25, 0.3) is 0 Å². The Hall–Kier alpha value is -1.06. The third-order valence-corrected chi connectivity index (χ3v) is 4.46. The highest BCUT2D eigenvalue weighted by atomic mass is 16.5. The summed E-state index contributed by atoms with van der Waals surface area (Å²) in [7, 11) is 1.72. The zero-order valence-corrected chi connectivity index (χ0v) is 12.3. The van der Waals surface area contributed by atoms with E-state index in [1.807, 2.05) is 0 Å². The Morgan fingerprint density at radius 3 is 2.47 bits per heavy atom. The molecule has 0 heterocycles. The molecular formula is C16H25NO2. The molecule has 0 bridgehead atoms. The maximum atomic E-state index is 9.45. The summed E-state index contributed by atoms with van der Waals surface area (Å²) < 4.78 is 5.44. The molecule has 106 valence electrons. The van der Waals surface area contributed by atoms with Gasteiger partial charge in [-0.25, -0.2) is 0 Å². The third-order valence-electron chi connectivity index (χ3n) is 4.46. The quantitative estimate of drug-likeness (QED) is 0.829. The van der Waals surface area contributed by atoms with Crippen LogP contribution in [0.1, 0.15) is 36.0 Å². The third kappa shape index (κ3) is 3.10. The van der Waals surface area contributed by atoms with Gasteiger partial charge in [0.2, 0.25) is 0 Å². The number of hydrogen-bond acceptors (Lipinski definition) is 3. The van der Waals surface area contributed by atoms with Crippen LogP contribution in [0.3, 0.4) is 0 Å². The lowest BCUT2D eigenvalue weighted by molar-refractivity contribution is 0.0444. The molecule has 1 aromatic rings. The summed E-state index contributed by atoms with van der Waals surface area (Å²) in [4.78, 5) is 0. The Morgan fingerprint density at radius 1 is 1.26 bits per heavy atom. The topological polar surface area (TPSA) is 41.5 Å². The van der Waals surface area contributed by atoms with Crippen LogP contribution in [-0.4, -0.2) is 25.4 Å². The van der Waals surface area contributed by atoms with E-state index in [9.17, 15) is 5.11 Å². The van der Waals surface area contributed by atoms with Gasteiger partial charge in [-0.1, -0.05) is 12.5 Å². The smallest absolute Gasteiger partial charge is 0.123 e. The average molecular weight is 263 g/mol. The summed E-state index contributed by atoms with van der Waals surface area (Å²) in [6.07, 6.45) is 3.52. The SMILES string of the molecule is COc1cc(C)c(C)cc1CNCC1(CO)CCC1. The van der Waals surface area contributed by atoms with Crippen molar-refractivity contribution in [3.05, 3.63) is 28.8 Å². The van der Waals surface area contributed by atoms with Crippen molar-refractivity contribution in [1.29, 1.82) is 0 Å². The Balaban J connectivity index is 1.97. The molecule has 1 saturated carbocycles. The van der Waals surface area contributed by atoms with Gasteiger partial charge in [-0.2, -0.15) is 0 Å². The summed E-state index contributed by atoms with van der Waals surface area (Å²) in [5.41, 5.74) is 3.87. The van der Waals surface area contributed by atoms with Crippen LogP contribution in [0.5, 0.6) is 5.75 Å². The molecular weight excluding hydrogens is 238 g/mol. The predicted molar refractivity (Wildman–Crippen MR) is 77.5 cm³/mol. The maximum Gasteiger partial charge on any atom is 0.123 e. The van der Waals surface area contributed by atoms with E-state index in [1.54, 1.807) is 7.11 Å². The first-order chi connectivity index (χ1) is 9.10. The van der Waals surface area contributed by atoms with Crippen LogP contribution in [0.15, 0.2) is 12.1 Å². The molecule has 1 aliphatic carbocycles. The highest BCUT2D eigenvalue weighted by Gasteiger charge is 2.35. The van der Waals surface area contributed by atoms with E-state index in [-0.39, 0.29) is 5.41 Å². The fraction of sp³-hybridized carbons (Fsp3) is 0.625. The molecule has 1 aliphatic rings. The van der Waals surface area contributed by atoms with Gasteiger partial charge in [-0.05, 0) is 43.9 Å². The Morgan fingerprint density at radius 2 is 1.95 bits per heavy atom. The van der Waals surface area contributed by atoms with Crippen LogP contribution >= 0.6 is 0 Å². The van der Waals surface area contributed by atoms with Crippen molar-refractivity contribution >= 4 is 0 Å². The molecule has 0 spiro atoms. The largest absolute Gasteiger partial charge is 0.496 e. The number of ether oxygens (including phenoxy) is 1. The van der Waals surface area contributed by atoms with Crippen molar-refractivity contribution in [2.45, 2.75) is 39.7 Å². The molecule has 0 radical (unpaired) electrons. The van der Waals surface area contributed by atoms with E-state index in [4.69, 9.17) is 4.74 Å². The molecule has 2 rings (SSSR count). The van der Waals surface area contributed by atoms with Crippen LogP contribution in [0.2, 0.25) is 0 Å². The van der Waals surface area contributed by atoms with E-state index in [0.29, 0.717) is 6.61 Å². The minimum atomic E-state index is 0.132. The van der Waals surface area contributed by atoms with E-state index in [1.165, 1.54) is 23.1 Å². The number of aryl methyl sites for hydroxylation is 2. The lowest BCUT2D eigenvalue weighted by Gasteiger charge is -2.40. The Labute approximate surface area is 116 Å². The predicted octanol–water partition coefficient (Wildman–Crippen LogP) is 2.56. The molecule has 1 aromatic carbocycles. The minimum Gasteiger partial charge on any atom is -0.496 e. The van der Waals surface area contributed by atoms with Crippen molar-refractivity contribution in [3.63, 3.8) is 0 Å². The molecule has 3 nitrogen and oxygen atoms in total. The lowest BCUT2D eigenvalue weighted by atomic mass is 9.69. The molecule has 2 N–H and O–H groups in total. The molecule has 0 aromatic heterocycles. The van der Waals surface area contributed by atoms with Gasteiger partial charge in [-0.3, -0.25) is 0 Å². The van der Waals surface area contributed by atoms with Crippen LogP contribution < -0.4 is 10.1 Å².